The van der Waals surface area contributed by atoms with Gasteiger partial charge in [0.1, 0.15) is 11.5 Å². The largest absolute Gasteiger partial charge is 0.508 e. The molecule has 0 radical (unpaired) electrons. The van der Waals surface area contributed by atoms with Crippen LogP contribution in [0.4, 0.5) is 0 Å². The number of amides is 1. The molecule has 1 aromatic rings. The maximum atomic E-state index is 11.9. The van der Waals surface area contributed by atoms with Gasteiger partial charge >= 0.3 is 0 Å². The summed E-state index contributed by atoms with van der Waals surface area (Å²) in [6.07, 6.45) is 3.95. The molecule has 0 aromatic heterocycles. The van der Waals surface area contributed by atoms with E-state index in [1.807, 2.05) is 0 Å². The van der Waals surface area contributed by atoms with Crippen molar-refractivity contribution in [3.05, 3.63) is 23.8 Å². The molecule has 0 unspecified atom stereocenters. The van der Waals surface area contributed by atoms with Gasteiger partial charge < -0.3 is 20.4 Å². The first-order valence-electron chi connectivity index (χ1n) is 7.04. The van der Waals surface area contributed by atoms with Crippen molar-refractivity contribution in [3.63, 3.8) is 0 Å². The molecular formula is C15H22N2O3. The lowest BCUT2D eigenvalue weighted by Gasteiger charge is -2.31. The fraction of sp³-hybridized carbons (Fsp3) is 0.533. The fourth-order valence-electron chi connectivity index (χ4n) is 2.58. The quantitative estimate of drug-likeness (QED) is 0.782. The third-order valence-corrected chi connectivity index (χ3v) is 3.89. The molecule has 0 bridgehead atoms. The van der Waals surface area contributed by atoms with E-state index in [1.54, 1.807) is 6.07 Å². The van der Waals surface area contributed by atoms with Crippen molar-refractivity contribution in [1.82, 2.24) is 10.2 Å². The minimum atomic E-state index is -0.00350. The fourth-order valence-corrected chi connectivity index (χ4v) is 2.58. The van der Waals surface area contributed by atoms with E-state index < -0.39 is 0 Å². The summed E-state index contributed by atoms with van der Waals surface area (Å²) in [5, 5.41) is 21.7. The number of carbonyl (C=O) groups excluding carboxylic acids is 1. The molecule has 1 heterocycles. The summed E-state index contributed by atoms with van der Waals surface area (Å²) in [4.78, 5) is 14.2. The van der Waals surface area contributed by atoms with Crippen LogP contribution >= 0.6 is 0 Å². The van der Waals surface area contributed by atoms with E-state index >= 15 is 0 Å². The van der Waals surface area contributed by atoms with E-state index in [2.05, 4.69) is 17.3 Å². The summed E-state index contributed by atoms with van der Waals surface area (Å²) in [5.41, 5.74) is 0.605. The Labute approximate surface area is 119 Å². The van der Waals surface area contributed by atoms with Crippen molar-refractivity contribution in [2.75, 3.05) is 13.6 Å². The van der Waals surface area contributed by atoms with Crippen molar-refractivity contribution in [1.29, 1.82) is 0 Å². The maximum Gasteiger partial charge on any atom is 0.221 e. The number of aromatic hydroxyl groups is 2. The standard InChI is InChI=1S/C15H22N2O3/c1-17-7-3-2-4-12(17)8-15(20)16-10-11-5-6-13(18)9-14(11)19/h5-6,9,12,18-19H,2-4,7-8,10H2,1H3,(H,16,20)/t12-/m0/s1. The smallest absolute Gasteiger partial charge is 0.221 e. The summed E-state index contributed by atoms with van der Waals surface area (Å²) >= 11 is 0. The van der Waals surface area contributed by atoms with Gasteiger partial charge in [-0.2, -0.15) is 0 Å². The highest BCUT2D eigenvalue weighted by atomic mass is 16.3. The zero-order valence-electron chi connectivity index (χ0n) is 11.8. The number of benzene rings is 1. The minimum absolute atomic E-state index is 0.0000782. The molecule has 5 heteroatoms. The monoisotopic (exact) mass is 278 g/mol. The predicted octanol–water partition coefficient (Wildman–Crippen LogP) is 1.59. The second-order valence-electron chi connectivity index (χ2n) is 5.42. The normalized spacial score (nSPS) is 19.8. The number of hydrogen-bond donors (Lipinski definition) is 3. The first-order chi connectivity index (χ1) is 9.56. The lowest BCUT2D eigenvalue weighted by Crippen LogP contribution is -2.40. The van der Waals surface area contributed by atoms with Gasteiger partial charge in [0.15, 0.2) is 0 Å². The Morgan fingerprint density at radius 2 is 2.20 bits per heavy atom. The zero-order chi connectivity index (χ0) is 14.5. The second-order valence-corrected chi connectivity index (χ2v) is 5.42. The highest BCUT2D eigenvalue weighted by molar-refractivity contribution is 5.76. The maximum absolute atomic E-state index is 11.9. The van der Waals surface area contributed by atoms with Crippen LogP contribution in [0.3, 0.4) is 0 Å². The van der Waals surface area contributed by atoms with Crippen molar-refractivity contribution in [2.24, 2.45) is 0 Å². The third-order valence-electron chi connectivity index (χ3n) is 3.89. The summed E-state index contributed by atoms with van der Waals surface area (Å²) in [5.74, 6) is 0.0118. The molecule has 0 spiro atoms. The lowest BCUT2D eigenvalue weighted by atomic mass is 10.00. The molecule has 5 nitrogen and oxygen atoms in total. The molecule has 1 atom stereocenters. The molecule has 1 aromatic carbocycles. The van der Waals surface area contributed by atoms with E-state index in [1.165, 1.54) is 25.0 Å². The van der Waals surface area contributed by atoms with Crippen LogP contribution in [0.1, 0.15) is 31.2 Å². The number of phenolic OH excluding ortho intramolecular Hbond substituents is 2. The summed E-state index contributed by atoms with van der Waals surface area (Å²) in [6, 6.07) is 4.70. The molecule has 0 saturated carbocycles. The van der Waals surface area contributed by atoms with E-state index in [9.17, 15) is 15.0 Å². The van der Waals surface area contributed by atoms with Crippen molar-refractivity contribution in [3.8, 4) is 11.5 Å². The van der Waals surface area contributed by atoms with Crippen LogP contribution in [-0.4, -0.2) is 40.7 Å². The number of phenols is 2. The third kappa shape index (κ3) is 3.87. The molecule has 1 aliphatic rings. The van der Waals surface area contributed by atoms with Gasteiger partial charge in [0.2, 0.25) is 5.91 Å². The number of carbonyl (C=O) groups is 1. The van der Waals surface area contributed by atoms with Crippen molar-refractivity contribution >= 4 is 5.91 Å². The Bertz CT molecular complexity index is 476. The van der Waals surface area contributed by atoms with E-state index in [4.69, 9.17) is 0 Å². The molecule has 1 amide bonds. The van der Waals surface area contributed by atoms with Crippen LogP contribution in [0.5, 0.6) is 11.5 Å². The summed E-state index contributed by atoms with van der Waals surface area (Å²) < 4.78 is 0. The molecule has 3 N–H and O–H groups in total. The molecule has 20 heavy (non-hydrogen) atoms. The SMILES string of the molecule is CN1CCCC[C@H]1CC(=O)NCc1ccc(O)cc1O. The van der Waals surface area contributed by atoms with Gasteiger partial charge in [-0.3, -0.25) is 4.79 Å². The Morgan fingerprint density at radius 3 is 2.90 bits per heavy atom. The molecule has 2 rings (SSSR count). The number of nitrogens with one attached hydrogen (secondary N) is 1. The van der Waals surface area contributed by atoms with Crippen LogP contribution in [0.25, 0.3) is 0 Å². The number of hydrogen-bond acceptors (Lipinski definition) is 4. The Balaban J connectivity index is 1.82. The van der Waals surface area contributed by atoms with Crippen LogP contribution in [0, 0.1) is 0 Å². The first kappa shape index (κ1) is 14.7. The summed E-state index contributed by atoms with van der Waals surface area (Å²) in [7, 11) is 2.06. The average molecular weight is 278 g/mol. The van der Waals surface area contributed by atoms with E-state index in [0.717, 1.165) is 13.0 Å². The molecule has 1 fully saturated rings. The van der Waals surface area contributed by atoms with Crippen LogP contribution in [0.15, 0.2) is 18.2 Å². The number of nitrogens with zero attached hydrogens (tertiary/aromatic N) is 1. The predicted molar refractivity (Wildman–Crippen MR) is 76.5 cm³/mol. The van der Waals surface area contributed by atoms with Crippen LogP contribution < -0.4 is 5.32 Å². The Hall–Kier alpha value is -1.75. The van der Waals surface area contributed by atoms with E-state index in [0.29, 0.717) is 18.0 Å². The van der Waals surface area contributed by atoms with Gasteiger partial charge in [0.25, 0.3) is 0 Å². The Morgan fingerprint density at radius 1 is 1.40 bits per heavy atom. The van der Waals surface area contributed by atoms with Crippen LogP contribution in [-0.2, 0) is 11.3 Å². The summed E-state index contributed by atoms with van der Waals surface area (Å²) in [6.45, 7) is 1.33. The molecular weight excluding hydrogens is 256 g/mol. The molecule has 1 saturated heterocycles. The molecule has 1 aliphatic heterocycles. The highest BCUT2D eigenvalue weighted by Crippen LogP contribution is 2.22. The number of piperidine rings is 1. The highest BCUT2D eigenvalue weighted by Gasteiger charge is 2.21. The van der Waals surface area contributed by atoms with Gasteiger partial charge in [-0.1, -0.05) is 6.42 Å². The minimum Gasteiger partial charge on any atom is -0.508 e. The Kier molecular flexibility index (Phi) is 4.84. The number of rotatable bonds is 4. The van der Waals surface area contributed by atoms with E-state index in [-0.39, 0.29) is 24.0 Å². The second kappa shape index (κ2) is 6.61. The number of likely N-dealkylation sites (tertiary alicyclic amines) is 1. The van der Waals surface area contributed by atoms with Crippen LogP contribution in [0.2, 0.25) is 0 Å². The molecule has 110 valence electrons. The van der Waals surface area contributed by atoms with Gasteiger partial charge in [0.05, 0.1) is 0 Å². The van der Waals surface area contributed by atoms with Gasteiger partial charge in [-0.15, -0.1) is 0 Å². The van der Waals surface area contributed by atoms with Gasteiger partial charge in [-0.05, 0) is 38.6 Å². The first-order valence-corrected chi connectivity index (χ1v) is 7.04. The lowest BCUT2D eigenvalue weighted by molar-refractivity contribution is -0.122. The van der Waals surface area contributed by atoms with Gasteiger partial charge in [-0.25, -0.2) is 0 Å². The molecule has 0 aliphatic carbocycles. The van der Waals surface area contributed by atoms with Gasteiger partial charge in [0, 0.05) is 30.6 Å². The zero-order valence-corrected chi connectivity index (χ0v) is 11.8. The average Bonchev–Trinajstić information content (AvgIpc) is 2.40. The topological polar surface area (TPSA) is 72.8 Å². The van der Waals surface area contributed by atoms with Crippen molar-refractivity contribution in [2.45, 2.75) is 38.3 Å². The van der Waals surface area contributed by atoms with Crippen molar-refractivity contribution < 1.29 is 15.0 Å².